The van der Waals surface area contributed by atoms with E-state index in [2.05, 4.69) is 5.11 Å². The van der Waals surface area contributed by atoms with Gasteiger partial charge in [-0.2, -0.15) is 0 Å². The molecule has 0 amide bonds. The first-order chi connectivity index (χ1) is 3.27. The van der Waals surface area contributed by atoms with Gasteiger partial charge in [-0.05, 0) is 0 Å². The van der Waals surface area contributed by atoms with Crippen molar-refractivity contribution in [3.63, 3.8) is 0 Å². The summed E-state index contributed by atoms with van der Waals surface area (Å²) in [6.45, 7) is -2.85. The molecule has 7 heavy (non-hydrogen) atoms. The molecule has 0 spiro atoms. The molecule has 0 aromatic rings. The third kappa shape index (κ3) is 4.62. The van der Waals surface area contributed by atoms with E-state index in [9.17, 15) is 13.2 Å². The summed E-state index contributed by atoms with van der Waals surface area (Å²) in [4.78, 5) is 0. The summed E-state index contributed by atoms with van der Waals surface area (Å²) in [7, 11) is 0. The zero-order valence-corrected chi connectivity index (χ0v) is 5.70. The van der Waals surface area contributed by atoms with Gasteiger partial charge in [0.2, 0.25) is 0 Å². The molecule has 0 bridgehead atoms. The van der Waals surface area contributed by atoms with E-state index >= 15 is 0 Å². The Labute approximate surface area is 33.4 Å². The number of hydrogen-bond donors (Lipinski definition) is 0. The van der Waals surface area contributed by atoms with Crippen LogP contribution in [0.15, 0.2) is 0 Å². The molecule has 0 saturated heterocycles. The molecule has 1 nitrogen and oxygen atoms in total. The summed E-state index contributed by atoms with van der Waals surface area (Å²) < 4.78 is 30.6. The van der Waals surface area contributed by atoms with Crippen molar-refractivity contribution >= 4 is 6.93 Å². The molecule has 0 aromatic heterocycles. The van der Waals surface area contributed by atoms with Crippen LogP contribution in [0.4, 0.5) is 13.2 Å². The van der Waals surface area contributed by atoms with Gasteiger partial charge in [-0.3, -0.25) is 0 Å². The van der Waals surface area contributed by atoms with Crippen LogP contribution < -0.4 is 0 Å². The Bertz CT molecular complexity index is 69.3. The van der Waals surface area contributed by atoms with Gasteiger partial charge in [-0.25, -0.2) is 0 Å². The van der Waals surface area contributed by atoms with E-state index in [0.717, 1.165) is 0 Å². The van der Waals surface area contributed by atoms with Gasteiger partial charge in [0, 0.05) is 0 Å². The van der Waals surface area contributed by atoms with Gasteiger partial charge in [0.25, 0.3) is 0 Å². The normalized spacial score (nSPS) is 7.86. The first kappa shape index (κ1) is 5.62. The fourth-order valence-corrected chi connectivity index (χ4v) is 0.483. The quantitative estimate of drug-likeness (QED) is 0.721. The number of alkyl halides is 1. The topological polar surface area (TPSA) is 9.23 Å². The van der Waals surface area contributed by atoms with Gasteiger partial charge in [0.1, 0.15) is 0 Å². The van der Waals surface area contributed by atoms with Crippen LogP contribution in [0.25, 0.3) is 0 Å². The van der Waals surface area contributed by atoms with Crippen LogP contribution in [0.5, 0.6) is 0 Å². The van der Waals surface area contributed by atoms with Crippen LogP contribution in [-0.4, -0.2) is 13.8 Å². The Balaban J connectivity index is 3.08. The number of halogens is 3. The van der Waals surface area contributed by atoms with Crippen LogP contribution in [0.2, 0.25) is 0 Å². The summed E-state index contributed by atoms with van der Waals surface area (Å²) in [5.41, 5.74) is 0. The second kappa shape index (κ2) is 2.84. The molecule has 0 saturated carbocycles. The van der Waals surface area contributed by atoms with Gasteiger partial charge < -0.3 is 0 Å². The van der Waals surface area contributed by atoms with Crippen molar-refractivity contribution in [3.05, 3.63) is 0 Å². The van der Waals surface area contributed by atoms with Crippen LogP contribution in [0, 0.1) is 0 Å². The van der Waals surface area contributed by atoms with E-state index in [1.165, 1.54) is 0 Å². The van der Waals surface area contributed by atoms with Crippen molar-refractivity contribution in [3.8, 4) is 0 Å². The van der Waals surface area contributed by atoms with E-state index in [0.29, 0.717) is 0 Å². The fraction of sp³-hybridized carbons (Fsp3) is 0.500. The number of rotatable bonds is 2. The SMILES string of the molecule is FC[O][Cf]=[C](F)F. The summed E-state index contributed by atoms with van der Waals surface area (Å²) >= 11 is 0. The predicted molar refractivity (Wildman–Crippen MR) is 14.3 cm³/mol. The third-order valence-corrected chi connectivity index (χ3v) is 1.20. The monoisotopic (exact) mass is 348 g/mol. The minimum atomic E-state index is -2.01. The molecule has 0 fully saturated rings. The summed E-state index contributed by atoms with van der Waals surface area (Å²) in [5.74, 6) is 0. The average molecular weight is 350 g/mol. The van der Waals surface area contributed by atoms with Crippen LogP contribution in [-0.2, 0) is 5.11 Å². The zero-order chi connectivity index (χ0) is 5.70. The Morgan fingerprint density at radius 1 is 1.57 bits per heavy atom. The van der Waals surface area contributed by atoms with E-state index in [1.807, 2.05) is 0 Å². The second-order valence-electron chi connectivity index (χ2n) is 0.456. The van der Waals surface area contributed by atoms with Gasteiger partial charge in [-0.15, -0.1) is 0 Å². The van der Waals surface area contributed by atoms with Crippen molar-refractivity contribution in [1.82, 2.24) is 0 Å². The van der Waals surface area contributed by atoms with Crippen molar-refractivity contribution in [2.75, 3.05) is 6.86 Å². The van der Waals surface area contributed by atoms with Gasteiger partial charge in [0.15, 0.2) is 0 Å². The second-order valence-corrected chi connectivity index (χ2v) is 2.75. The molecule has 0 rings (SSSR count). The first-order valence-corrected chi connectivity index (χ1v) is 3.61. The predicted octanol–water partition coefficient (Wildman–Crippen LogP) is 0.956. The summed E-state index contributed by atoms with van der Waals surface area (Å²) in [5, 5.41) is 3.79. The molecule has 0 N–H and O–H groups in total. The molecule has 0 heterocycles. The zero-order valence-electron chi connectivity index (χ0n) is 3.07. The molecule has 0 radical (unpaired) electrons. The van der Waals surface area contributed by atoms with Crippen LogP contribution in [0.3, 0.4) is 0 Å². The van der Waals surface area contributed by atoms with Crippen molar-refractivity contribution in [2.45, 2.75) is 0 Å². The molecule has 0 aliphatic heterocycles. The van der Waals surface area contributed by atoms with E-state index in [4.69, 9.17) is 0 Å². The molecule has 47 valence electrons. The molecule has 0 aliphatic carbocycles. The molecule has 0 atom stereocenters. The average Bonchev–Trinajstić information content (AvgIpc) is 1.61. The van der Waals surface area contributed by atoms with Gasteiger partial charge in [-0.1, -0.05) is 0 Å². The Hall–Kier alpha value is -1.38. The van der Waals surface area contributed by atoms with E-state index < -0.39 is 13.8 Å². The van der Waals surface area contributed by atoms with Crippen LogP contribution in [0.1, 0.15) is 0 Å². The first-order valence-electron chi connectivity index (χ1n) is 1.22. The van der Waals surface area contributed by atoms with Gasteiger partial charge >= 0.3 is 32.1 Å². The molecular weight excluding hydrogens is 348 g/mol. The van der Waals surface area contributed by atoms with E-state index in [-0.39, 0.29) is 0 Å². The molecule has 0 aliphatic rings. The Kier molecular flexibility index (Phi) is 2.28. The molecule has 0 aromatic carbocycles. The van der Waals surface area contributed by atoms with Crippen molar-refractivity contribution < 1.29 is 18.3 Å². The molecular formula is C2H2CfF3O. The third-order valence-electron chi connectivity index (χ3n) is 0.129. The van der Waals surface area contributed by atoms with Crippen LogP contribution >= 0.6 is 0 Å². The standard InChI is InChI=1S/CF2.CH2FO.Cf/c2*2-1-3;/h;1H2;/q;-1;+1. The fourth-order valence-electron chi connectivity index (χ4n) is 0.0518. The Morgan fingerprint density at radius 2 is 2.14 bits per heavy atom. The number of hydrogen-bond acceptors (Lipinski definition) is 1. The van der Waals surface area contributed by atoms with Crippen molar-refractivity contribution in [2.24, 2.45) is 0 Å². The van der Waals surface area contributed by atoms with Crippen molar-refractivity contribution in [1.29, 1.82) is 0 Å². The maximum atomic E-state index is 10.9. The Morgan fingerprint density at radius 3 is 2.29 bits per heavy atom. The maximum absolute atomic E-state index is 10.9. The summed E-state index contributed by atoms with van der Waals surface area (Å²) in [6, 6.07) is 0. The molecule has 0 unspecified atom stereocenters. The molecule has 5 heteroatoms. The summed E-state index contributed by atoms with van der Waals surface area (Å²) in [6.07, 6.45) is 0. The minimum absolute atomic E-state index is 1.09. The van der Waals surface area contributed by atoms with E-state index in [1.54, 1.807) is 0 Å². The van der Waals surface area contributed by atoms with Gasteiger partial charge in [0.05, 0.1) is 0 Å².